The molecule has 1 aliphatic heterocycles. The maximum Gasteiger partial charge on any atom is 0.151 e. The van der Waals surface area contributed by atoms with E-state index in [2.05, 4.69) is 11.9 Å². The van der Waals surface area contributed by atoms with Gasteiger partial charge >= 0.3 is 0 Å². The smallest absolute Gasteiger partial charge is 0.151 e. The van der Waals surface area contributed by atoms with Gasteiger partial charge in [0.05, 0.1) is 11.5 Å². The lowest BCUT2D eigenvalue weighted by atomic mass is 10.2. The summed E-state index contributed by atoms with van der Waals surface area (Å²) in [7, 11) is -2.73. The molecule has 0 aromatic carbocycles. The highest BCUT2D eigenvalue weighted by Crippen LogP contribution is 2.11. The molecule has 0 aromatic heterocycles. The molecular formula is C9H17NO2S. The van der Waals surface area contributed by atoms with E-state index in [0.717, 1.165) is 25.0 Å². The van der Waals surface area contributed by atoms with Gasteiger partial charge in [-0.3, -0.25) is 0 Å². The zero-order valence-corrected chi connectivity index (χ0v) is 8.86. The predicted octanol–water partition coefficient (Wildman–Crippen LogP) is 0.729. The van der Waals surface area contributed by atoms with Crippen molar-refractivity contribution >= 4 is 9.84 Å². The highest BCUT2D eigenvalue weighted by Gasteiger charge is 2.26. The van der Waals surface area contributed by atoms with Crippen LogP contribution in [0.3, 0.4) is 0 Å². The second-order valence-corrected chi connectivity index (χ2v) is 5.99. The summed E-state index contributed by atoms with van der Waals surface area (Å²) in [4.78, 5) is 0. The van der Waals surface area contributed by atoms with Gasteiger partial charge in [-0.25, -0.2) is 8.42 Å². The first-order valence-corrected chi connectivity index (χ1v) is 6.40. The van der Waals surface area contributed by atoms with Crippen LogP contribution in [0.15, 0.2) is 12.2 Å². The molecule has 1 fully saturated rings. The van der Waals surface area contributed by atoms with Gasteiger partial charge in [0.25, 0.3) is 0 Å². The predicted molar refractivity (Wildman–Crippen MR) is 54.5 cm³/mol. The van der Waals surface area contributed by atoms with Gasteiger partial charge in [-0.2, -0.15) is 0 Å². The van der Waals surface area contributed by atoms with Crippen molar-refractivity contribution in [1.29, 1.82) is 0 Å². The Kier molecular flexibility index (Phi) is 3.50. The molecule has 3 nitrogen and oxygen atoms in total. The molecule has 1 N–H and O–H groups in total. The largest absolute Gasteiger partial charge is 0.313 e. The molecule has 0 aliphatic carbocycles. The minimum Gasteiger partial charge on any atom is -0.313 e. The Hall–Kier alpha value is -0.350. The molecular weight excluding hydrogens is 186 g/mol. The molecule has 0 bridgehead atoms. The topological polar surface area (TPSA) is 46.2 Å². The molecule has 1 unspecified atom stereocenters. The summed E-state index contributed by atoms with van der Waals surface area (Å²) in [6.45, 7) is 6.61. The molecule has 1 heterocycles. The molecule has 1 rings (SSSR count). The summed E-state index contributed by atoms with van der Waals surface area (Å²) < 4.78 is 22.2. The van der Waals surface area contributed by atoms with E-state index in [1.807, 2.05) is 6.92 Å². The average molecular weight is 203 g/mol. The van der Waals surface area contributed by atoms with Crippen LogP contribution in [-0.4, -0.2) is 32.5 Å². The summed E-state index contributed by atoms with van der Waals surface area (Å²) in [5.41, 5.74) is 1.13. The molecule has 4 heteroatoms. The third-order valence-electron chi connectivity index (χ3n) is 2.22. The lowest BCUT2D eigenvalue weighted by Gasteiger charge is -2.09. The van der Waals surface area contributed by atoms with Crippen molar-refractivity contribution in [3.8, 4) is 0 Å². The molecule has 0 aromatic rings. The van der Waals surface area contributed by atoms with Gasteiger partial charge in [0.15, 0.2) is 9.84 Å². The first-order chi connectivity index (χ1) is 5.99. The van der Waals surface area contributed by atoms with E-state index in [9.17, 15) is 8.42 Å². The zero-order chi connectivity index (χ0) is 9.90. The van der Waals surface area contributed by atoms with Crippen LogP contribution in [-0.2, 0) is 9.84 Å². The van der Waals surface area contributed by atoms with Crippen LogP contribution in [0.25, 0.3) is 0 Å². The molecule has 1 atom stereocenters. The summed E-state index contributed by atoms with van der Waals surface area (Å²) in [6, 6.07) is 0.171. The fourth-order valence-corrected chi connectivity index (χ4v) is 3.15. The third-order valence-corrected chi connectivity index (χ3v) is 3.99. The SMILES string of the molecule is C=C(C)CCNC1CCS(=O)(=O)C1. The lowest BCUT2D eigenvalue weighted by molar-refractivity contribution is 0.556. The molecule has 0 radical (unpaired) electrons. The van der Waals surface area contributed by atoms with Crippen LogP contribution in [0.2, 0.25) is 0 Å². The van der Waals surface area contributed by atoms with Crippen molar-refractivity contribution in [1.82, 2.24) is 5.32 Å². The summed E-state index contributed by atoms with van der Waals surface area (Å²) >= 11 is 0. The fraction of sp³-hybridized carbons (Fsp3) is 0.778. The minimum atomic E-state index is -2.73. The number of rotatable bonds is 4. The van der Waals surface area contributed by atoms with Crippen LogP contribution in [0.4, 0.5) is 0 Å². The fourth-order valence-electron chi connectivity index (χ4n) is 1.45. The van der Waals surface area contributed by atoms with Crippen LogP contribution < -0.4 is 5.32 Å². The van der Waals surface area contributed by atoms with Gasteiger partial charge < -0.3 is 5.32 Å². The molecule has 0 saturated carbocycles. The van der Waals surface area contributed by atoms with Gasteiger partial charge in [-0.05, 0) is 26.3 Å². The van der Waals surface area contributed by atoms with Crippen LogP contribution in [0.1, 0.15) is 19.8 Å². The quantitative estimate of drug-likeness (QED) is 0.685. The van der Waals surface area contributed by atoms with E-state index in [-0.39, 0.29) is 6.04 Å². The van der Waals surface area contributed by atoms with E-state index in [0.29, 0.717) is 11.5 Å². The van der Waals surface area contributed by atoms with Gasteiger partial charge in [0, 0.05) is 6.04 Å². The molecule has 1 saturated heterocycles. The molecule has 13 heavy (non-hydrogen) atoms. The number of hydrogen-bond donors (Lipinski definition) is 1. The van der Waals surface area contributed by atoms with Gasteiger partial charge in [-0.15, -0.1) is 6.58 Å². The summed E-state index contributed by atoms with van der Waals surface area (Å²) in [6.07, 6.45) is 1.69. The maximum atomic E-state index is 11.1. The molecule has 0 spiro atoms. The van der Waals surface area contributed by atoms with Gasteiger partial charge in [0.2, 0.25) is 0 Å². The van der Waals surface area contributed by atoms with Crippen molar-refractivity contribution in [3.05, 3.63) is 12.2 Å². The number of hydrogen-bond acceptors (Lipinski definition) is 3. The van der Waals surface area contributed by atoms with Crippen LogP contribution in [0.5, 0.6) is 0 Å². The van der Waals surface area contributed by atoms with Crippen molar-refractivity contribution in [2.24, 2.45) is 0 Å². The number of sulfone groups is 1. The van der Waals surface area contributed by atoms with E-state index in [1.165, 1.54) is 0 Å². The first-order valence-electron chi connectivity index (χ1n) is 4.58. The third kappa shape index (κ3) is 3.91. The highest BCUT2D eigenvalue weighted by atomic mass is 32.2. The molecule has 76 valence electrons. The van der Waals surface area contributed by atoms with Crippen LogP contribution in [0, 0.1) is 0 Å². The Labute approximate surface area is 80.1 Å². The summed E-state index contributed by atoms with van der Waals surface area (Å²) in [5, 5.41) is 3.23. The van der Waals surface area contributed by atoms with E-state index in [4.69, 9.17) is 0 Å². The number of nitrogens with one attached hydrogen (secondary N) is 1. The standard InChI is InChI=1S/C9H17NO2S/c1-8(2)3-5-10-9-4-6-13(11,12)7-9/h9-10H,1,3-7H2,2H3. The van der Waals surface area contributed by atoms with E-state index >= 15 is 0 Å². The molecule has 1 aliphatic rings. The Morgan fingerprint density at radius 3 is 2.77 bits per heavy atom. The first kappa shape index (κ1) is 10.7. The van der Waals surface area contributed by atoms with Crippen molar-refractivity contribution in [2.75, 3.05) is 18.1 Å². The second kappa shape index (κ2) is 4.24. The van der Waals surface area contributed by atoms with E-state index in [1.54, 1.807) is 0 Å². The van der Waals surface area contributed by atoms with Crippen LogP contribution >= 0.6 is 0 Å². The molecule has 0 amide bonds. The second-order valence-electron chi connectivity index (χ2n) is 3.76. The van der Waals surface area contributed by atoms with Gasteiger partial charge in [0.1, 0.15) is 0 Å². The Morgan fingerprint density at radius 2 is 2.31 bits per heavy atom. The maximum absolute atomic E-state index is 11.1. The Morgan fingerprint density at radius 1 is 1.62 bits per heavy atom. The minimum absolute atomic E-state index is 0.171. The summed E-state index contributed by atoms with van der Waals surface area (Å²) in [5.74, 6) is 0.654. The Bertz CT molecular complexity index is 282. The Balaban J connectivity index is 2.22. The average Bonchev–Trinajstić information content (AvgIpc) is 2.29. The van der Waals surface area contributed by atoms with Crippen molar-refractivity contribution in [2.45, 2.75) is 25.8 Å². The van der Waals surface area contributed by atoms with Crippen molar-refractivity contribution < 1.29 is 8.42 Å². The van der Waals surface area contributed by atoms with Gasteiger partial charge in [-0.1, -0.05) is 5.57 Å². The van der Waals surface area contributed by atoms with Crippen molar-refractivity contribution in [3.63, 3.8) is 0 Å². The lowest BCUT2D eigenvalue weighted by Crippen LogP contribution is -2.30. The highest BCUT2D eigenvalue weighted by molar-refractivity contribution is 7.91. The van der Waals surface area contributed by atoms with E-state index < -0.39 is 9.84 Å². The zero-order valence-electron chi connectivity index (χ0n) is 8.04. The monoisotopic (exact) mass is 203 g/mol. The normalized spacial score (nSPS) is 26.1.